The number of anilines is 1. The van der Waals surface area contributed by atoms with E-state index in [0.717, 1.165) is 54.4 Å². The van der Waals surface area contributed by atoms with Crippen molar-refractivity contribution < 1.29 is 8.42 Å². The Balaban J connectivity index is 1.43. The predicted molar refractivity (Wildman–Crippen MR) is 118 cm³/mol. The van der Waals surface area contributed by atoms with Crippen molar-refractivity contribution in [2.24, 2.45) is 11.8 Å². The van der Waals surface area contributed by atoms with Crippen LogP contribution in [0.25, 0.3) is 10.1 Å². The number of fused-ring (bicyclic) bond motifs is 2. The van der Waals surface area contributed by atoms with Gasteiger partial charge in [0, 0.05) is 55.6 Å². The second-order valence-corrected chi connectivity index (χ2v) is 12.1. The minimum absolute atomic E-state index is 0.477. The maximum Gasteiger partial charge on any atom is 0.252 e. The molecule has 3 fully saturated rings. The number of aromatic nitrogens is 1. The van der Waals surface area contributed by atoms with E-state index in [4.69, 9.17) is 0 Å². The summed E-state index contributed by atoms with van der Waals surface area (Å²) in [5, 5.41) is 0.980. The Kier molecular flexibility index (Phi) is 5.30. The minimum atomic E-state index is -3.43. The van der Waals surface area contributed by atoms with Gasteiger partial charge in [0.1, 0.15) is 10.0 Å². The molecule has 3 aliphatic rings. The van der Waals surface area contributed by atoms with Gasteiger partial charge in [-0.05, 0) is 43.9 Å². The number of rotatable bonds is 3. The first-order valence-electron chi connectivity index (χ1n) is 10.8. The smallest absolute Gasteiger partial charge is 0.252 e. The normalized spacial score (nSPS) is 27.3. The maximum atomic E-state index is 13.5. The number of likely N-dealkylation sites (N-methyl/N-ethyl adjacent to an activating group) is 1. The summed E-state index contributed by atoms with van der Waals surface area (Å²) in [5.41, 5.74) is 0. The van der Waals surface area contributed by atoms with Crippen LogP contribution < -0.4 is 4.90 Å². The van der Waals surface area contributed by atoms with Gasteiger partial charge in [0.05, 0.1) is 0 Å². The lowest BCUT2D eigenvalue weighted by Crippen LogP contribution is -2.44. The summed E-state index contributed by atoms with van der Waals surface area (Å²) in [4.78, 5) is 9.23. The zero-order chi connectivity index (χ0) is 20.0. The van der Waals surface area contributed by atoms with Crippen LogP contribution in [0, 0.1) is 11.8 Å². The molecule has 29 heavy (non-hydrogen) atoms. The largest absolute Gasteiger partial charge is 0.354 e. The van der Waals surface area contributed by atoms with Gasteiger partial charge in [0.25, 0.3) is 10.0 Å². The molecule has 2 aliphatic heterocycles. The average Bonchev–Trinajstić information content (AvgIpc) is 3.19. The molecular weight excluding hydrogens is 404 g/mol. The van der Waals surface area contributed by atoms with E-state index < -0.39 is 10.0 Å². The van der Waals surface area contributed by atoms with E-state index in [9.17, 15) is 8.42 Å². The topological polar surface area (TPSA) is 56.8 Å². The molecule has 2 aromatic heterocycles. The lowest BCUT2D eigenvalue weighted by atomic mass is 9.76. The van der Waals surface area contributed by atoms with Crippen LogP contribution in [-0.2, 0) is 10.0 Å². The van der Waals surface area contributed by atoms with Crippen LogP contribution in [0.3, 0.4) is 0 Å². The molecule has 158 valence electrons. The third-order valence-corrected chi connectivity index (χ3v) is 10.5. The van der Waals surface area contributed by atoms with Gasteiger partial charge in [-0.3, -0.25) is 0 Å². The first-order valence-corrected chi connectivity index (χ1v) is 13.1. The number of piperidine rings is 1. The highest BCUT2D eigenvalue weighted by atomic mass is 32.2. The number of hydrogen-bond donors (Lipinski definition) is 0. The minimum Gasteiger partial charge on any atom is -0.354 e. The quantitative estimate of drug-likeness (QED) is 0.742. The second-order valence-electron chi connectivity index (χ2n) is 8.86. The molecule has 2 saturated heterocycles. The molecule has 0 aromatic carbocycles. The molecule has 2 aromatic rings. The van der Waals surface area contributed by atoms with Crippen molar-refractivity contribution in [2.75, 3.05) is 51.2 Å². The summed E-state index contributed by atoms with van der Waals surface area (Å²) in [6, 6.07) is 3.83. The van der Waals surface area contributed by atoms with Gasteiger partial charge < -0.3 is 9.80 Å². The lowest BCUT2D eigenvalue weighted by molar-refractivity contribution is 0.136. The van der Waals surface area contributed by atoms with E-state index >= 15 is 0 Å². The first kappa shape index (κ1) is 19.7. The van der Waals surface area contributed by atoms with Gasteiger partial charge in [0.2, 0.25) is 0 Å². The monoisotopic (exact) mass is 434 g/mol. The third kappa shape index (κ3) is 3.69. The Bertz CT molecular complexity index is 982. The van der Waals surface area contributed by atoms with Gasteiger partial charge in [-0.15, -0.1) is 11.3 Å². The highest BCUT2D eigenvalue weighted by Crippen LogP contribution is 2.40. The number of thiophene rings is 1. The summed E-state index contributed by atoms with van der Waals surface area (Å²) in [6.45, 7) is 5.23. The number of hydrogen-bond acceptors (Lipinski definition) is 6. The zero-order valence-corrected chi connectivity index (χ0v) is 18.7. The number of pyridine rings is 1. The molecule has 4 heterocycles. The Hall–Kier alpha value is -1.22. The van der Waals surface area contributed by atoms with Crippen LogP contribution in [0.2, 0.25) is 0 Å². The van der Waals surface area contributed by atoms with Crippen LogP contribution in [0.4, 0.5) is 5.82 Å². The molecule has 5 rings (SSSR count). The summed E-state index contributed by atoms with van der Waals surface area (Å²) >= 11 is 1.40. The summed E-state index contributed by atoms with van der Waals surface area (Å²) in [6.07, 6.45) is 7.85. The Morgan fingerprint density at radius 3 is 2.59 bits per heavy atom. The van der Waals surface area contributed by atoms with Gasteiger partial charge in [-0.1, -0.05) is 19.3 Å². The fourth-order valence-electron chi connectivity index (χ4n) is 5.24. The number of nitrogens with zero attached hydrogens (tertiary/aromatic N) is 4. The molecule has 0 bridgehead atoms. The predicted octanol–water partition coefficient (Wildman–Crippen LogP) is 3.25. The second kappa shape index (κ2) is 7.80. The van der Waals surface area contributed by atoms with Crippen molar-refractivity contribution in [3.8, 4) is 0 Å². The molecule has 0 amide bonds. The number of piperazine rings is 1. The molecule has 6 nitrogen and oxygen atoms in total. The SMILES string of the molecule is CN1CCN(c2nccc3sc(S(=O)(=O)N4CCC5CCCCC5C4)cc23)CC1. The van der Waals surface area contributed by atoms with E-state index in [1.54, 1.807) is 4.31 Å². The van der Waals surface area contributed by atoms with E-state index in [1.165, 1.54) is 37.0 Å². The molecule has 0 radical (unpaired) electrons. The highest BCUT2D eigenvalue weighted by molar-refractivity contribution is 7.91. The van der Waals surface area contributed by atoms with Crippen LogP contribution in [-0.4, -0.2) is 68.9 Å². The van der Waals surface area contributed by atoms with Crippen molar-refractivity contribution >= 4 is 37.3 Å². The zero-order valence-electron chi connectivity index (χ0n) is 17.1. The molecule has 0 N–H and O–H groups in total. The molecule has 1 aliphatic carbocycles. The molecule has 1 saturated carbocycles. The molecule has 2 atom stereocenters. The van der Waals surface area contributed by atoms with E-state index in [2.05, 4.69) is 21.8 Å². The summed E-state index contributed by atoms with van der Waals surface area (Å²) in [7, 11) is -1.30. The van der Waals surface area contributed by atoms with Gasteiger partial charge in [-0.2, -0.15) is 4.31 Å². The standard InChI is InChI=1S/C21H30N4O2S2/c1-23-10-12-24(13-11-23)21-18-14-20(28-19(18)6-8-22-21)29(26,27)25-9-7-16-4-2-3-5-17(16)15-25/h6,8,14,16-17H,2-5,7,9-13,15H2,1H3. The average molecular weight is 435 g/mol. The van der Waals surface area contributed by atoms with E-state index in [1.807, 2.05) is 18.3 Å². The van der Waals surface area contributed by atoms with Crippen LogP contribution in [0.1, 0.15) is 32.1 Å². The van der Waals surface area contributed by atoms with E-state index in [0.29, 0.717) is 23.2 Å². The van der Waals surface area contributed by atoms with Crippen LogP contribution >= 0.6 is 11.3 Å². The Labute approximate surface area is 177 Å². The van der Waals surface area contributed by atoms with Gasteiger partial charge in [0.15, 0.2) is 0 Å². The van der Waals surface area contributed by atoms with Crippen molar-refractivity contribution in [1.29, 1.82) is 0 Å². The summed E-state index contributed by atoms with van der Waals surface area (Å²) < 4.78 is 30.2. The van der Waals surface area contributed by atoms with Crippen molar-refractivity contribution in [3.05, 3.63) is 18.3 Å². The molecule has 8 heteroatoms. The first-order chi connectivity index (χ1) is 14.0. The van der Waals surface area contributed by atoms with E-state index in [-0.39, 0.29) is 0 Å². The highest BCUT2D eigenvalue weighted by Gasteiger charge is 2.37. The van der Waals surface area contributed by atoms with Crippen LogP contribution in [0.15, 0.2) is 22.5 Å². The van der Waals surface area contributed by atoms with Gasteiger partial charge >= 0.3 is 0 Å². The lowest BCUT2D eigenvalue weighted by Gasteiger charge is -2.40. The Morgan fingerprint density at radius 1 is 1.03 bits per heavy atom. The van der Waals surface area contributed by atoms with Crippen LogP contribution in [0.5, 0.6) is 0 Å². The van der Waals surface area contributed by atoms with Gasteiger partial charge in [-0.25, -0.2) is 13.4 Å². The Morgan fingerprint density at radius 2 is 1.79 bits per heavy atom. The van der Waals surface area contributed by atoms with Crippen molar-refractivity contribution in [3.63, 3.8) is 0 Å². The van der Waals surface area contributed by atoms with Crippen molar-refractivity contribution in [2.45, 2.75) is 36.3 Å². The number of sulfonamides is 1. The van der Waals surface area contributed by atoms with Crippen molar-refractivity contribution in [1.82, 2.24) is 14.2 Å². The molecule has 2 unspecified atom stereocenters. The molecule has 0 spiro atoms. The fraction of sp³-hybridized carbons (Fsp3) is 0.667. The fourth-order valence-corrected chi connectivity index (χ4v) is 8.28. The third-order valence-electron chi connectivity index (χ3n) is 7.05. The maximum absolute atomic E-state index is 13.5. The summed E-state index contributed by atoms with van der Waals surface area (Å²) in [5.74, 6) is 2.20. The molecular formula is C21H30N4O2S2.